The summed E-state index contributed by atoms with van der Waals surface area (Å²) in [5.74, 6) is -36.2. The van der Waals surface area contributed by atoms with Crippen molar-refractivity contribution in [3.8, 4) is 69.0 Å². The molecule has 0 spiro atoms. The van der Waals surface area contributed by atoms with Gasteiger partial charge in [0.25, 0.3) is 0 Å². The second-order valence-electron chi connectivity index (χ2n) is 35.5. The highest BCUT2D eigenvalue weighted by molar-refractivity contribution is 5.86. The molecule has 24 heteroatoms. The van der Waals surface area contributed by atoms with Crippen molar-refractivity contribution in [2.45, 2.75) is 253 Å². The summed E-state index contributed by atoms with van der Waals surface area (Å²) in [6, 6.07) is 4.00. The average molecular weight is 2030 g/mol. The van der Waals surface area contributed by atoms with E-state index in [1.54, 1.807) is 4.90 Å². The van der Waals surface area contributed by atoms with Crippen molar-refractivity contribution in [3.05, 3.63) is 140 Å². The molecule has 0 bridgehead atoms. The van der Waals surface area contributed by atoms with Gasteiger partial charge >= 0.3 is 0 Å². The van der Waals surface area contributed by atoms with Crippen molar-refractivity contribution < 1.29 is 198 Å². The van der Waals surface area contributed by atoms with Crippen LogP contribution in [0.1, 0.15) is 394 Å². The number of Topliss-reactive ketones (excluding diaryl/α,β-unsaturated/α-hetero) is 6. The van der Waals surface area contributed by atoms with E-state index in [-0.39, 0.29) is 132 Å². The summed E-state index contributed by atoms with van der Waals surface area (Å²) in [4.78, 5) is 86.7. The number of ketones is 6. The molecule has 0 N–H and O–H groups in total. The number of hydrogen-bond donors (Lipinski definition) is 0. The minimum Gasteiger partial charge on any atom is -0.493 e. The molecular formula is C117H168N6O18. The molecule has 12 aliphatic rings. The van der Waals surface area contributed by atoms with E-state index in [1.165, 1.54) is 43.0 Å². The van der Waals surface area contributed by atoms with Gasteiger partial charge in [0.2, 0.25) is 0 Å². The Balaban J connectivity index is 0.000000213. The second kappa shape index (κ2) is 50.0. The van der Waals surface area contributed by atoms with E-state index in [1.807, 2.05) is 27.7 Å². The molecule has 24 nitrogen and oxygen atoms in total. The highest BCUT2D eigenvalue weighted by Gasteiger charge is 2.47. The van der Waals surface area contributed by atoms with E-state index < -0.39 is 415 Å². The quantitative estimate of drug-likeness (QED) is 0.0466. The lowest BCUT2D eigenvalue weighted by atomic mass is 9.79. The number of carbonyl (C=O) groups excluding carboxylic acids is 6. The first-order valence-corrected chi connectivity index (χ1v) is 45.1. The molecule has 6 fully saturated rings. The average Bonchev–Trinajstić information content (AvgIpc) is 0.652. The number of nitrogens with zero attached hydrogens (tertiary/aromatic N) is 6. The van der Waals surface area contributed by atoms with E-state index in [4.69, 9.17) is 169 Å². The molecule has 141 heavy (non-hydrogen) atoms. The molecule has 0 amide bonds. The molecule has 12 aliphatic heterocycles. The summed E-state index contributed by atoms with van der Waals surface area (Å²) in [5, 5.41) is 0. The first-order chi connectivity index (χ1) is 98.9. The Morgan fingerprint density at radius 2 is 0.610 bits per heavy atom. The normalized spacial score (nSPS) is 40.9. The van der Waals surface area contributed by atoms with Gasteiger partial charge in [0.1, 0.15) is 34.7 Å². The number of rotatable bonds is 27. The number of hydrogen-bond acceptors (Lipinski definition) is 24. The Bertz CT molecular complexity index is 8990. The van der Waals surface area contributed by atoms with E-state index >= 15 is 0 Å². The third-order valence-electron chi connectivity index (χ3n) is 25.3. The molecular weight excluding hydrogens is 1780 g/mol. The second-order valence-corrected chi connectivity index (χ2v) is 35.5. The summed E-state index contributed by atoms with van der Waals surface area (Å²) in [6.07, 6.45) is -32.5. The zero-order chi connectivity index (χ0) is 172. The van der Waals surface area contributed by atoms with Crippen LogP contribution in [-0.2, 0) is 67.2 Å². The number of ether oxygens (including phenoxy) is 12. The molecule has 6 aromatic carbocycles. The topological polar surface area (TPSA) is 233 Å². The van der Waals surface area contributed by atoms with E-state index in [9.17, 15) is 28.8 Å². The number of carbonyl (C=O) groups is 6. The summed E-state index contributed by atoms with van der Waals surface area (Å²) in [5.41, 5.74) is 1.72. The van der Waals surface area contributed by atoms with Crippen LogP contribution in [0.15, 0.2) is 72.8 Å². The molecule has 18 rings (SSSR count). The van der Waals surface area contributed by atoms with Crippen LogP contribution in [0.5, 0.6) is 69.0 Å². The first-order valence-electron chi connectivity index (χ1n) is 86.1. The predicted molar refractivity (Wildman–Crippen MR) is 555 cm³/mol. The third kappa shape index (κ3) is 25.6. The van der Waals surface area contributed by atoms with Crippen LogP contribution in [0.25, 0.3) is 0 Å². The smallest absolute Gasteiger partial charge is 0.161 e. The van der Waals surface area contributed by atoms with Crippen molar-refractivity contribution in [2.24, 2.45) is 70.9 Å². The molecule has 15 atom stereocenters. The predicted octanol–water partition coefficient (Wildman–Crippen LogP) is 20.6. The maximum Gasteiger partial charge on any atom is 0.161 e. The summed E-state index contributed by atoms with van der Waals surface area (Å²) < 4.78 is 712. The highest BCUT2D eigenvalue weighted by Crippen LogP contribution is 2.51. The summed E-state index contributed by atoms with van der Waals surface area (Å²) in [7, 11) is -35.9. The zero-order valence-electron chi connectivity index (χ0n) is 161. The molecule has 6 saturated heterocycles. The number of fused-ring (bicyclic) bond motifs is 18. The maximum atomic E-state index is 13.9. The Labute approximate surface area is 957 Å². The Hall–Kier alpha value is -9.30. The van der Waals surface area contributed by atoms with E-state index in [0.29, 0.717) is 66.8 Å². The lowest BCUT2D eigenvalue weighted by Gasteiger charge is -2.43. The van der Waals surface area contributed by atoms with E-state index in [2.05, 4.69) is 0 Å². The van der Waals surface area contributed by atoms with Crippen LogP contribution in [-0.4, -0.2) is 227 Å². The molecule has 0 radical (unpaired) electrons. The lowest BCUT2D eigenvalue weighted by molar-refractivity contribution is -0.130. The number of benzene rings is 6. The summed E-state index contributed by atoms with van der Waals surface area (Å²) in [6.45, 7) is -13.8. The van der Waals surface area contributed by atoms with Crippen molar-refractivity contribution in [2.75, 3.05) is 163 Å². The first kappa shape index (κ1) is 44.2. The van der Waals surface area contributed by atoms with Crippen LogP contribution in [0, 0.1) is 70.9 Å². The fraction of sp³-hybridized carbons (Fsp3) is 0.641. The van der Waals surface area contributed by atoms with Gasteiger partial charge in [-0.2, -0.15) is 0 Å². The number of methoxy groups -OCH3 is 12. The number of aryl methyl sites for hydroxylation is 1. The summed E-state index contributed by atoms with van der Waals surface area (Å²) >= 11 is 0. The van der Waals surface area contributed by atoms with Crippen LogP contribution in [0.2, 0.25) is 0 Å². The Morgan fingerprint density at radius 3 is 0.993 bits per heavy atom. The third-order valence-corrected chi connectivity index (χ3v) is 25.3. The molecule has 6 aromatic rings. The highest BCUT2D eigenvalue weighted by atomic mass is 16.5. The zero-order valence-corrected chi connectivity index (χ0v) is 78.5. The van der Waals surface area contributed by atoms with Crippen LogP contribution in [0.4, 0.5) is 0 Å². The van der Waals surface area contributed by atoms with Crippen molar-refractivity contribution in [3.63, 3.8) is 0 Å². The fourth-order valence-corrected chi connectivity index (χ4v) is 18.5. The van der Waals surface area contributed by atoms with Crippen LogP contribution < -0.4 is 56.8 Å². The number of piperidine rings is 6. The maximum absolute atomic E-state index is 13.9. The largest absolute Gasteiger partial charge is 0.493 e. The van der Waals surface area contributed by atoms with Gasteiger partial charge in [-0.3, -0.25) is 58.2 Å². The van der Waals surface area contributed by atoms with Gasteiger partial charge in [-0.15, -0.1) is 0 Å². The van der Waals surface area contributed by atoms with Gasteiger partial charge in [0.15, 0.2) is 69.0 Å². The van der Waals surface area contributed by atoms with Gasteiger partial charge in [-0.05, 0) is 252 Å². The van der Waals surface area contributed by atoms with Crippen LogP contribution >= 0.6 is 0 Å². The Kier molecular flexibility index (Phi) is 15.7. The SMILES string of the molecule is [2H]C([2H])([2H])Oc1cc2c(cc1OC([2H])([2H])[2H])C([2H])([2H])C([2H])([2H])N1CC(CC(C)C)C(=O)CC21[2H].[2H]C([2H])([2H])Oc1cc2c(cc1OC([2H])([2H])[2H])C1([2H])CC(=O)C(C([2H])([2H])C([2H])(C([2H])([2H])[2H])C([2H])([2H])C)CN1CC2.[2H]C([2H])([2H])Oc1cc2c(cc1OC([2H])([2H])[2H])C1CC(=O)C(C([2H])([2H])C([2H])(C([2H])([2H])[2H])C([2H])([2H])C)C([2H])([2H])N1CC2.[2H]C([2H])([2H])Oc1cc2c(cc1OC([2H])([2H])[2H])C1CC(=O)C(CC(C)C)C([2H])([2H])N1CC2.[2H]C([2H])([2H])Oc1cc2c(cc1OC([2H])([2H])[2H])C1N(CC2)C([2H])([2H])C([2H])(C([2H])([2H])C(C)C)C(=O)C1([2H])[2H].[2H]C([2H])([2H])Oc1cc2c(cc1OC([2H])([2H])[2H])C1N(CC2)C([2H])([2H])C([2H])(C([2H])([2H])C([2H])(C([2H])([2H])[2H])C([2H])([2H])C)C(=O)C1([2H])[2H]. The van der Waals surface area contributed by atoms with Gasteiger partial charge in [0.05, 0.1) is 137 Å². The molecule has 0 aliphatic carbocycles. The fourth-order valence-electron chi connectivity index (χ4n) is 18.5. The minimum absolute atomic E-state index is 0.0121. The van der Waals surface area contributed by atoms with Crippen LogP contribution in [0.3, 0.4) is 0 Å². The van der Waals surface area contributed by atoms with E-state index in [0.717, 1.165) is 70.2 Å². The minimum atomic E-state index is -4.20. The van der Waals surface area contributed by atoms with Gasteiger partial charge in [-0.1, -0.05) is 102 Å². The molecule has 12 heterocycles. The van der Waals surface area contributed by atoms with Gasteiger partial charge in [-0.25, -0.2) is 0 Å². The van der Waals surface area contributed by atoms with Gasteiger partial charge < -0.3 is 56.8 Å². The lowest BCUT2D eigenvalue weighted by Crippen LogP contribution is -2.46. The van der Waals surface area contributed by atoms with Crippen molar-refractivity contribution >= 4 is 34.7 Å². The standard InChI is InChI=1S/3C20H29NO3.3C19H27NO3/c3*1-5-13(2)8-15-12-21-7-6-14-9-19(23-3)20(24-4)10-16(14)17(21)11-18(15)22;3*1-12(2)7-14-11-20-6-5-13-8-18(22-3)19(23-4)9-15(13)16(20)10-17(14)21/h3*9-10,13,15,17H,5-8,11-12H2,1-4H3;3*8-9,12,14,16H,5-7,10-11H2,1-4H3/i2D3,3D3,4D3,5D2,8D2,11D2,12D2,13D,15D;2D3,3D3,4D3,5D2,8D2,13D,17D;2D3,3D3,4D3,5D2,8D2,12D2,13D;3D3,4D3,7D2,10D2,11D2,14D;3D3,4D3,5D2,6D2,16D;3D3,4D3,11D2. The van der Waals surface area contributed by atoms with Crippen molar-refractivity contribution in [1.29, 1.82) is 0 Å². The molecule has 15 unspecified atom stereocenters. The van der Waals surface area contributed by atoms with Gasteiger partial charge in [0, 0.05) is 249 Å². The molecule has 0 saturated carbocycles. The van der Waals surface area contributed by atoms with Crippen molar-refractivity contribution in [1.82, 2.24) is 29.4 Å². The molecule has 774 valence electrons. The molecule has 0 aromatic heterocycles. The Morgan fingerprint density at radius 1 is 0.319 bits per heavy atom. The monoisotopic (exact) mass is 2030 g/mol.